The average Bonchev–Trinajstić information content (AvgIpc) is 2.50. The Hall–Kier alpha value is -1.55. The number of ether oxygens (including phenoxy) is 2. The highest BCUT2D eigenvalue weighted by Gasteiger charge is 2.20. The van der Waals surface area contributed by atoms with Crippen LogP contribution in [0.5, 0.6) is 5.75 Å². The van der Waals surface area contributed by atoms with Crippen LogP contribution in [0.15, 0.2) is 24.3 Å². The lowest BCUT2D eigenvalue weighted by Gasteiger charge is -2.34. The molecule has 1 saturated heterocycles. The summed E-state index contributed by atoms with van der Waals surface area (Å²) in [5.41, 5.74) is 0.547. The van der Waals surface area contributed by atoms with Gasteiger partial charge in [0.2, 0.25) is 0 Å². The second kappa shape index (κ2) is 8.18. The SMILES string of the molecule is COC(=O)c1ccc(OCCCN2C[C@H](C)C[C@@H](C)C2)cc1. The summed E-state index contributed by atoms with van der Waals surface area (Å²) in [5.74, 6) is 2.08. The van der Waals surface area contributed by atoms with Crippen LogP contribution in [-0.4, -0.2) is 44.2 Å². The molecule has 0 unspecified atom stereocenters. The molecule has 1 heterocycles. The Bertz CT molecular complexity index is 462. The van der Waals surface area contributed by atoms with Crippen LogP contribution in [-0.2, 0) is 4.74 Å². The van der Waals surface area contributed by atoms with Gasteiger partial charge in [0.25, 0.3) is 0 Å². The van der Waals surface area contributed by atoms with Gasteiger partial charge in [-0.05, 0) is 48.9 Å². The quantitative estimate of drug-likeness (QED) is 0.597. The molecule has 1 aliphatic rings. The molecule has 1 aromatic carbocycles. The van der Waals surface area contributed by atoms with E-state index in [4.69, 9.17) is 4.74 Å². The molecule has 2 rings (SSSR count). The zero-order valence-corrected chi connectivity index (χ0v) is 13.9. The number of rotatable bonds is 6. The highest BCUT2D eigenvalue weighted by molar-refractivity contribution is 5.89. The van der Waals surface area contributed by atoms with Gasteiger partial charge in [-0.25, -0.2) is 4.79 Å². The molecular formula is C18H27NO3. The van der Waals surface area contributed by atoms with Crippen molar-refractivity contribution in [2.45, 2.75) is 26.7 Å². The van der Waals surface area contributed by atoms with Gasteiger partial charge < -0.3 is 14.4 Å². The third-order valence-electron chi connectivity index (χ3n) is 4.11. The van der Waals surface area contributed by atoms with E-state index >= 15 is 0 Å². The third kappa shape index (κ3) is 5.02. The Labute approximate surface area is 133 Å². The average molecular weight is 305 g/mol. The van der Waals surface area contributed by atoms with Gasteiger partial charge in [-0.3, -0.25) is 0 Å². The molecule has 0 aromatic heterocycles. The van der Waals surface area contributed by atoms with Crippen LogP contribution in [0.1, 0.15) is 37.0 Å². The molecule has 0 saturated carbocycles. The van der Waals surface area contributed by atoms with Crippen molar-refractivity contribution in [2.24, 2.45) is 11.8 Å². The van der Waals surface area contributed by atoms with Crippen molar-refractivity contribution in [1.29, 1.82) is 0 Å². The van der Waals surface area contributed by atoms with Crippen molar-refractivity contribution in [3.63, 3.8) is 0 Å². The number of carbonyl (C=O) groups excluding carboxylic acids is 1. The molecular weight excluding hydrogens is 278 g/mol. The van der Waals surface area contributed by atoms with E-state index in [0.29, 0.717) is 12.2 Å². The van der Waals surface area contributed by atoms with E-state index in [0.717, 1.165) is 30.6 Å². The Morgan fingerprint density at radius 3 is 2.41 bits per heavy atom. The minimum Gasteiger partial charge on any atom is -0.494 e. The smallest absolute Gasteiger partial charge is 0.337 e. The molecule has 1 aromatic rings. The number of carbonyl (C=O) groups is 1. The second-order valence-electron chi connectivity index (χ2n) is 6.42. The number of hydrogen-bond donors (Lipinski definition) is 0. The van der Waals surface area contributed by atoms with Gasteiger partial charge in [-0.15, -0.1) is 0 Å². The van der Waals surface area contributed by atoms with Crippen LogP contribution < -0.4 is 4.74 Å². The zero-order chi connectivity index (χ0) is 15.9. The first-order valence-electron chi connectivity index (χ1n) is 8.12. The number of likely N-dealkylation sites (tertiary alicyclic amines) is 1. The van der Waals surface area contributed by atoms with Crippen molar-refractivity contribution in [1.82, 2.24) is 4.90 Å². The van der Waals surface area contributed by atoms with Crippen LogP contribution in [0.3, 0.4) is 0 Å². The molecule has 0 N–H and O–H groups in total. The molecule has 0 spiro atoms. The van der Waals surface area contributed by atoms with Gasteiger partial charge in [0.1, 0.15) is 5.75 Å². The maximum Gasteiger partial charge on any atom is 0.337 e. The molecule has 122 valence electrons. The lowest BCUT2D eigenvalue weighted by atomic mass is 9.92. The van der Waals surface area contributed by atoms with E-state index in [-0.39, 0.29) is 5.97 Å². The molecule has 1 aliphatic heterocycles. The number of nitrogens with zero attached hydrogens (tertiary/aromatic N) is 1. The Morgan fingerprint density at radius 2 is 1.82 bits per heavy atom. The summed E-state index contributed by atoms with van der Waals surface area (Å²) in [4.78, 5) is 13.9. The van der Waals surface area contributed by atoms with Crippen LogP contribution >= 0.6 is 0 Å². The number of hydrogen-bond acceptors (Lipinski definition) is 4. The zero-order valence-electron chi connectivity index (χ0n) is 13.9. The van der Waals surface area contributed by atoms with E-state index < -0.39 is 0 Å². The highest BCUT2D eigenvalue weighted by Crippen LogP contribution is 2.21. The number of piperidine rings is 1. The Balaban J connectivity index is 1.69. The summed E-state index contributed by atoms with van der Waals surface area (Å²) in [6.07, 6.45) is 2.37. The van der Waals surface area contributed by atoms with Crippen molar-refractivity contribution < 1.29 is 14.3 Å². The first-order chi connectivity index (χ1) is 10.6. The summed E-state index contributed by atoms with van der Waals surface area (Å²) >= 11 is 0. The standard InChI is InChI=1S/C18H27NO3/c1-14-11-15(2)13-19(12-14)9-4-10-22-17-7-5-16(6-8-17)18(20)21-3/h5-8,14-15H,4,9-13H2,1-3H3/t14-,15-/m1/s1. The fourth-order valence-electron chi connectivity index (χ4n) is 3.26. The van der Waals surface area contributed by atoms with E-state index in [9.17, 15) is 4.79 Å². The topological polar surface area (TPSA) is 38.8 Å². The largest absolute Gasteiger partial charge is 0.494 e. The van der Waals surface area contributed by atoms with Crippen molar-refractivity contribution in [3.8, 4) is 5.75 Å². The summed E-state index contributed by atoms with van der Waals surface area (Å²) in [6, 6.07) is 7.10. The van der Waals surface area contributed by atoms with Crippen molar-refractivity contribution in [2.75, 3.05) is 33.4 Å². The molecule has 2 atom stereocenters. The minimum absolute atomic E-state index is 0.320. The lowest BCUT2D eigenvalue weighted by Crippen LogP contribution is -2.39. The predicted molar refractivity (Wildman–Crippen MR) is 87.3 cm³/mol. The lowest BCUT2D eigenvalue weighted by molar-refractivity contribution is 0.0600. The predicted octanol–water partition coefficient (Wildman–Crippen LogP) is 3.22. The highest BCUT2D eigenvalue weighted by atomic mass is 16.5. The van der Waals surface area contributed by atoms with E-state index in [1.165, 1.54) is 26.6 Å². The molecule has 0 aliphatic carbocycles. The van der Waals surface area contributed by atoms with Crippen LogP contribution in [0.4, 0.5) is 0 Å². The van der Waals surface area contributed by atoms with E-state index in [2.05, 4.69) is 23.5 Å². The Kier molecular flexibility index (Phi) is 6.25. The number of benzene rings is 1. The van der Waals surface area contributed by atoms with Gasteiger partial charge in [0.05, 0.1) is 19.3 Å². The summed E-state index contributed by atoms with van der Waals surface area (Å²) in [5, 5.41) is 0. The van der Waals surface area contributed by atoms with Gasteiger partial charge in [0.15, 0.2) is 0 Å². The van der Waals surface area contributed by atoms with Crippen LogP contribution in [0, 0.1) is 11.8 Å². The third-order valence-corrected chi connectivity index (χ3v) is 4.11. The number of esters is 1. The summed E-state index contributed by atoms with van der Waals surface area (Å²) < 4.78 is 10.4. The van der Waals surface area contributed by atoms with Crippen LogP contribution in [0.25, 0.3) is 0 Å². The molecule has 4 nitrogen and oxygen atoms in total. The van der Waals surface area contributed by atoms with Gasteiger partial charge >= 0.3 is 5.97 Å². The monoisotopic (exact) mass is 305 g/mol. The number of methoxy groups -OCH3 is 1. The first-order valence-corrected chi connectivity index (χ1v) is 8.12. The maximum absolute atomic E-state index is 11.3. The van der Waals surface area contributed by atoms with Crippen molar-refractivity contribution in [3.05, 3.63) is 29.8 Å². The maximum atomic E-state index is 11.3. The summed E-state index contributed by atoms with van der Waals surface area (Å²) in [6.45, 7) is 8.88. The van der Waals surface area contributed by atoms with Gasteiger partial charge in [-0.1, -0.05) is 13.8 Å². The summed E-state index contributed by atoms with van der Waals surface area (Å²) in [7, 11) is 1.38. The van der Waals surface area contributed by atoms with E-state index in [1.54, 1.807) is 12.1 Å². The molecule has 1 fully saturated rings. The Morgan fingerprint density at radius 1 is 1.18 bits per heavy atom. The molecule has 0 bridgehead atoms. The van der Waals surface area contributed by atoms with Crippen molar-refractivity contribution >= 4 is 5.97 Å². The van der Waals surface area contributed by atoms with Gasteiger partial charge in [-0.2, -0.15) is 0 Å². The normalized spacial score (nSPS) is 22.3. The van der Waals surface area contributed by atoms with Gasteiger partial charge in [0, 0.05) is 19.6 Å². The molecule has 0 amide bonds. The minimum atomic E-state index is -0.320. The molecule has 0 radical (unpaired) electrons. The fraction of sp³-hybridized carbons (Fsp3) is 0.611. The molecule has 4 heteroatoms. The van der Waals surface area contributed by atoms with E-state index in [1.807, 2.05) is 12.1 Å². The fourth-order valence-corrected chi connectivity index (χ4v) is 3.26. The second-order valence-corrected chi connectivity index (χ2v) is 6.42. The molecule has 22 heavy (non-hydrogen) atoms. The van der Waals surface area contributed by atoms with Crippen LogP contribution in [0.2, 0.25) is 0 Å². The first kappa shape index (κ1) is 16.8.